The molecule has 1 aliphatic carbocycles. The number of rotatable bonds is 4. The van der Waals surface area contributed by atoms with Crippen molar-refractivity contribution in [3.05, 3.63) is 29.6 Å². The molecule has 4 nitrogen and oxygen atoms in total. The van der Waals surface area contributed by atoms with E-state index in [1.54, 1.807) is 0 Å². The molecule has 1 fully saturated rings. The SMILES string of the molecule is CN(C1(CN)CCCC1)S(=O)(=O)c1c(F)cc(F)cc1F. The molecule has 0 bridgehead atoms. The summed E-state index contributed by atoms with van der Waals surface area (Å²) in [6.45, 7) is 0.0627. The van der Waals surface area contributed by atoms with Gasteiger partial charge in [-0.15, -0.1) is 0 Å². The summed E-state index contributed by atoms with van der Waals surface area (Å²) in [5.41, 5.74) is 4.85. The standard InChI is InChI=1S/C13H17F3N2O2S/c1-18(13(8-17)4-2-3-5-13)21(19,20)12-10(15)6-9(14)7-11(12)16/h6-7H,2-5,8,17H2,1H3. The largest absolute Gasteiger partial charge is 0.329 e. The Balaban J connectivity index is 2.52. The van der Waals surface area contributed by atoms with Crippen LogP contribution >= 0.6 is 0 Å². The van der Waals surface area contributed by atoms with Crippen molar-refractivity contribution in [1.82, 2.24) is 4.31 Å². The molecule has 0 saturated heterocycles. The maximum Gasteiger partial charge on any atom is 0.249 e. The van der Waals surface area contributed by atoms with Gasteiger partial charge in [-0.05, 0) is 12.8 Å². The van der Waals surface area contributed by atoms with E-state index in [4.69, 9.17) is 5.73 Å². The third-order valence-corrected chi connectivity index (χ3v) is 6.18. The first-order valence-electron chi connectivity index (χ1n) is 6.58. The Hall–Kier alpha value is -1.12. The minimum absolute atomic E-state index is 0.0627. The lowest BCUT2D eigenvalue weighted by atomic mass is 9.98. The fourth-order valence-electron chi connectivity index (χ4n) is 2.85. The van der Waals surface area contributed by atoms with Crippen molar-refractivity contribution < 1.29 is 21.6 Å². The van der Waals surface area contributed by atoms with Gasteiger partial charge in [-0.25, -0.2) is 21.6 Å². The number of hydrogen-bond acceptors (Lipinski definition) is 3. The highest BCUT2D eigenvalue weighted by molar-refractivity contribution is 7.89. The van der Waals surface area contributed by atoms with E-state index in [0.29, 0.717) is 25.0 Å². The smallest absolute Gasteiger partial charge is 0.249 e. The zero-order valence-electron chi connectivity index (χ0n) is 11.6. The molecule has 2 N–H and O–H groups in total. The normalized spacial score (nSPS) is 18.4. The summed E-state index contributed by atoms with van der Waals surface area (Å²) in [7, 11) is -3.17. The van der Waals surface area contributed by atoms with Gasteiger partial charge in [0, 0.05) is 31.3 Å². The van der Waals surface area contributed by atoms with Crippen LogP contribution in [0.2, 0.25) is 0 Å². The Morgan fingerprint density at radius 1 is 1.19 bits per heavy atom. The van der Waals surface area contributed by atoms with Crippen molar-refractivity contribution >= 4 is 10.0 Å². The molecule has 1 aliphatic rings. The highest BCUT2D eigenvalue weighted by Crippen LogP contribution is 2.37. The van der Waals surface area contributed by atoms with Crippen molar-refractivity contribution in [1.29, 1.82) is 0 Å². The van der Waals surface area contributed by atoms with Crippen LogP contribution in [-0.2, 0) is 10.0 Å². The second-order valence-corrected chi connectivity index (χ2v) is 7.21. The first-order chi connectivity index (χ1) is 9.74. The Morgan fingerprint density at radius 2 is 1.67 bits per heavy atom. The van der Waals surface area contributed by atoms with Gasteiger partial charge in [0.2, 0.25) is 10.0 Å². The second kappa shape index (κ2) is 5.58. The van der Waals surface area contributed by atoms with E-state index < -0.39 is 37.9 Å². The molecule has 0 aromatic heterocycles. The van der Waals surface area contributed by atoms with Gasteiger partial charge in [-0.3, -0.25) is 0 Å². The highest BCUT2D eigenvalue weighted by Gasteiger charge is 2.44. The molecule has 1 aromatic carbocycles. The first kappa shape index (κ1) is 16.3. The van der Waals surface area contributed by atoms with Gasteiger partial charge >= 0.3 is 0 Å². The van der Waals surface area contributed by atoms with Gasteiger partial charge in [0.25, 0.3) is 0 Å². The average Bonchev–Trinajstić information content (AvgIpc) is 2.85. The predicted octanol–water partition coefficient (Wildman–Crippen LogP) is 2.00. The van der Waals surface area contributed by atoms with E-state index in [-0.39, 0.29) is 6.54 Å². The summed E-state index contributed by atoms with van der Waals surface area (Å²) in [5, 5.41) is 0. The number of benzene rings is 1. The predicted molar refractivity (Wildman–Crippen MR) is 71.5 cm³/mol. The lowest BCUT2D eigenvalue weighted by Gasteiger charge is -2.36. The maximum atomic E-state index is 13.8. The van der Waals surface area contributed by atoms with Gasteiger partial charge in [0.05, 0.1) is 0 Å². The molecular weight excluding hydrogens is 305 g/mol. The van der Waals surface area contributed by atoms with Gasteiger partial charge in [0.1, 0.15) is 17.5 Å². The topological polar surface area (TPSA) is 63.4 Å². The van der Waals surface area contributed by atoms with Crippen molar-refractivity contribution in [2.75, 3.05) is 13.6 Å². The summed E-state index contributed by atoms with van der Waals surface area (Å²) < 4.78 is 66.4. The van der Waals surface area contributed by atoms with Gasteiger partial charge in [-0.1, -0.05) is 12.8 Å². The number of hydrogen-bond donors (Lipinski definition) is 1. The van der Waals surface area contributed by atoms with E-state index in [0.717, 1.165) is 17.1 Å². The number of nitrogens with two attached hydrogens (primary N) is 1. The molecule has 2 rings (SSSR count). The van der Waals surface area contributed by atoms with E-state index in [1.165, 1.54) is 7.05 Å². The van der Waals surface area contributed by atoms with Gasteiger partial charge < -0.3 is 5.73 Å². The zero-order chi connectivity index (χ0) is 15.8. The van der Waals surface area contributed by atoms with Crippen LogP contribution in [0.15, 0.2) is 17.0 Å². The van der Waals surface area contributed by atoms with E-state index in [1.807, 2.05) is 0 Å². The number of halogens is 3. The molecule has 0 spiro atoms. The molecule has 8 heteroatoms. The van der Waals surface area contributed by atoms with Crippen molar-refractivity contribution in [2.45, 2.75) is 36.1 Å². The fraction of sp³-hybridized carbons (Fsp3) is 0.538. The number of nitrogens with zero attached hydrogens (tertiary/aromatic N) is 1. The van der Waals surface area contributed by atoms with E-state index >= 15 is 0 Å². The van der Waals surface area contributed by atoms with Crippen LogP contribution in [0.3, 0.4) is 0 Å². The highest BCUT2D eigenvalue weighted by atomic mass is 32.2. The third kappa shape index (κ3) is 2.67. The van der Waals surface area contributed by atoms with Crippen molar-refractivity contribution in [2.24, 2.45) is 5.73 Å². The van der Waals surface area contributed by atoms with Crippen LogP contribution in [-0.4, -0.2) is 31.9 Å². The average molecular weight is 322 g/mol. The Kier molecular flexibility index (Phi) is 4.32. The van der Waals surface area contributed by atoms with Crippen LogP contribution in [0.25, 0.3) is 0 Å². The van der Waals surface area contributed by atoms with Crippen LogP contribution < -0.4 is 5.73 Å². The monoisotopic (exact) mass is 322 g/mol. The van der Waals surface area contributed by atoms with Crippen LogP contribution in [0.4, 0.5) is 13.2 Å². The second-order valence-electron chi connectivity index (χ2n) is 5.31. The van der Waals surface area contributed by atoms with E-state index in [2.05, 4.69) is 0 Å². The molecule has 1 aromatic rings. The molecule has 0 aliphatic heterocycles. The summed E-state index contributed by atoms with van der Waals surface area (Å²) in [6, 6.07) is 0.709. The maximum absolute atomic E-state index is 13.8. The minimum Gasteiger partial charge on any atom is -0.329 e. The Morgan fingerprint density at radius 3 is 2.10 bits per heavy atom. The molecule has 0 amide bonds. The van der Waals surface area contributed by atoms with Crippen molar-refractivity contribution in [3.8, 4) is 0 Å². The molecule has 118 valence electrons. The van der Waals surface area contributed by atoms with Crippen LogP contribution in [0.5, 0.6) is 0 Å². The first-order valence-corrected chi connectivity index (χ1v) is 8.02. The Bertz CT molecular complexity index is 620. The Labute approximate surface area is 121 Å². The summed E-state index contributed by atoms with van der Waals surface area (Å²) in [6.07, 6.45) is 2.66. The lowest BCUT2D eigenvalue weighted by Crippen LogP contribution is -2.52. The molecule has 1 saturated carbocycles. The van der Waals surface area contributed by atoms with E-state index in [9.17, 15) is 21.6 Å². The molecule has 0 radical (unpaired) electrons. The minimum atomic E-state index is -4.43. The van der Waals surface area contributed by atoms with Crippen molar-refractivity contribution in [3.63, 3.8) is 0 Å². The molecule has 0 unspecified atom stereocenters. The van der Waals surface area contributed by atoms with Crippen LogP contribution in [0.1, 0.15) is 25.7 Å². The molecule has 21 heavy (non-hydrogen) atoms. The molecule has 0 heterocycles. The number of likely N-dealkylation sites (N-methyl/N-ethyl adjacent to an activating group) is 1. The quantitative estimate of drug-likeness (QED) is 0.922. The van der Waals surface area contributed by atoms with Gasteiger partial charge in [0.15, 0.2) is 4.90 Å². The summed E-state index contributed by atoms with van der Waals surface area (Å²) >= 11 is 0. The summed E-state index contributed by atoms with van der Waals surface area (Å²) in [4.78, 5) is -1.13. The number of sulfonamides is 1. The van der Waals surface area contributed by atoms with Crippen LogP contribution in [0, 0.1) is 17.5 Å². The molecular formula is C13H17F3N2O2S. The van der Waals surface area contributed by atoms with Gasteiger partial charge in [-0.2, -0.15) is 4.31 Å². The molecule has 0 atom stereocenters. The lowest BCUT2D eigenvalue weighted by molar-refractivity contribution is 0.229. The zero-order valence-corrected chi connectivity index (χ0v) is 12.4. The summed E-state index contributed by atoms with van der Waals surface area (Å²) in [5.74, 6) is -4.05. The fourth-order valence-corrected chi connectivity index (χ4v) is 4.50. The third-order valence-electron chi connectivity index (χ3n) is 4.16.